The summed E-state index contributed by atoms with van der Waals surface area (Å²) in [6.07, 6.45) is 4.72. The Bertz CT molecular complexity index is 835. The highest BCUT2D eigenvalue weighted by molar-refractivity contribution is 6.27. The Hall–Kier alpha value is -3.15. The average molecular weight is 337 g/mol. The lowest BCUT2D eigenvalue weighted by atomic mass is 10.0. The first-order valence-corrected chi connectivity index (χ1v) is 8.16. The van der Waals surface area contributed by atoms with Gasteiger partial charge in [0.1, 0.15) is 0 Å². The first-order chi connectivity index (χ1) is 12.2. The SMILES string of the molecule is CCOC(=O)c1c[nH]c(/C=C2/C(=O)NN=C2CCc2ccccc2)c1. The van der Waals surface area contributed by atoms with E-state index in [2.05, 4.69) is 15.5 Å². The summed E-state index contributed by atoms with van der Waals surface area (Å²) in [6.45, 7) is 2.07. The number of amides is 1. The number of rotatable bonds is 6. The molecule has 0 aliphatic carbocycles. The molecule has 1 aliphatic rings. The van der Waals surface area contributed by atoms with Crippen LogP contribution in [0.1, 0.15) is 35.0 Å². The van der Waals surface area contributed by atoms with Gasteiger partial charge in [-0.3, -0.25) is 4.79 Å². The third kappa shape index (κ3) is 4.03. The summed E-state index contributed by atoms with van der Waals surface area (Å²) >= 11 is 0. The van der Waals surface area contributed by atoms with E-state index in [1.807, 2.05) is 30.3 Å². The number of aryl methyl sites for hydroxylation is 1. The summed E-state index contributed by atoms with van der Waals surface area (Å²) in [7, 11) is 0. The number of nitrogens with zero attached hydrogens (tertiary/aromatic N) is 1. The lowest BCUT2D eigenvalue weighted by Crippen LogP contribution is -2.13. The number of H-pyrrole nitrogens is 1. The highest BCUT2D eigenvalue weighted by Crippen LogP contribution is 2.17. The van der Waals surface area contributed by atoms with E-state index < -0.39 is 5.97 Å². The van der Waals surface area contributed by atoms with Crippen molar-refractivity contribution in [3.8, 4) is 0 Å². The van der Waals surface area contributed by atoms with E-state index in [0.717, 1.165) is 6.42 Å². The Kier molecular flexibility index (Phi) is 5.09. The minimum Gasteiger partial charge on any atom is -0.462 e. The summed E-state index contributed by atoms with van der Waals surface area (Å²) < 4.78 is 4.96. The zero-order chi connectivity index (χ0) is 17.6. The van der Waals surface area contributed by atoms with E-state index in [1.165, 1.54) is 5.56 Å². The van der Waals surface area contributed by atoms with Gasteiger partial charge in [0.2, 0.25) is 0 Å². The number of benzene rings is 1. The van der Waals surface area contributed by atoms with E-state index in [9.17, 15) is 9.59 Å². The van der Waals surface area contributed by atoms with Crippen molar-refractivity contribution >= 4 is 23.7 Å². The number of hydrogen-bond donors (Lipinski definition) is 2. The molecule has 1 aromatic carbocycles. The molecule has 2 aromatic rings. The summed E-state index contributed by atoms with van der Waals surface area (Å²) in [5, 5.41) is 4.12. The largest absolute Gasteiger partial charge is 0.462 e. The summed E-state index contributed by atoms with van der Waals surface area (Å²) in [5.74, 6) is -0.632. The van der Waals surface area contributed by atoms with Crippen molar-refractivity contribution in [1.29, 1.82) is 0 Å². The average Bonchev–Trinajstić information content (AvgIpc) is 3.23. The maximum absolute atomic E-state index is 12.0. The molecule has 2 N–H and O–H groups in total. The molecule has 0 saturated heterocycles. The van der Waals surface area contributed by atoms with Crippen molar-refractivity contribution in [2.45, 2.75) is 19.8 Å². The van der Waals surface area contributed by atoms with Gasteiger partial charge in [0.15, 0.2) is 0 Å². The van der Waals surface area contributed by atoms with Gasteiger partial charge in [0.25, 0.3) is 5.91 Å². The zero-order valence-electron chi connectivity index (χ0n) is 13.9. The van der Waals surface area contributed by atoms with E-state index in [-0.39, 0.29) is 5.91 Å². The molecule has 128 valence electrons. The van der Waals surface area contributed by atoms with Crippen LogP contribution in [0.25, 0.3) is 6.08 Å². The number of aromatic amines is 1. The highest BCUT2D eigenvalue weighted by Gasteiger charge is 2.22. The van der Waals surface area contributed by atoms with E-state index in [4.69, 9.17) is 4.74 Å². The maximum Gasteiger partial charge on any atom is 0.339 e. The first-order valence-electron chi connectivity index (χ1n) is 8.16. The van der Waals surface area contributed by atoms with Gasteiger partial charge in [0.05, 0.1) is 23.5 Å². The van der Waals surface area contributed by atoms with Gasteiger partial charge >= 0.3 is 5.97 Å². The third-order valence-corrected chi connectivity index (χ3v) is 3.86. The Morgan fingerprint density at radius 2 is 2.04 bits per heavy atom. The van der Waals surface area contributed by atoms with Gasteiger partial charge in [-0.05, 0) is 37.5 Å². The lowest BCUT2D eigenvalue weighted by Gasteiger charge is -2.02. The van der Waals surface area contributed by atoms with Crippen LogP contribution in [0, 0.1) is 0 Å². The molecule has 0 saturated carbocycles. The van der Waals surface area contributed by atoms with Gasteiger partial charge in [-0.1, -0.05) is 30.3 Å². The number of aromatic nitrogens is 1. The molecule has 0 radical (unpaired) electrons. The molecule has 0 fully saturated rings. The normalized spacial score (nSPS) is 15.2. The summed E-state index contributed by atoms with van der Waals surface area (Å²) in [6, 6.07) is 11.7. The fourth-order valence-electron chi connectivity index (χ4n) is 2.60. The molecule has 6 nitrogen and oxygen atoms in total. The maximum atomic E-state index is 12.0. The van der Waals surface area contributed by atoms with Crippen LogP contribution in [0.2, 0.25) is 0 Å². The van der Waals surface area contributed by atoms with Crippen LogP contribution in [0.3, 0.4) is 0 Å². The van der Waals surface area contributed by atoms with Crippen LogP contribution in [-0.2, 0) is 16.0 Å². The van der Waals surface area contributed by atoms with Crippen molar-refractivity contribution in [1.82, 2.24) is 10.4 Å². The molecular formula is C19H19N3O3. The molecule has 0 unspecified atom stereocenters. The molecule has 1 aliphatic heterocycles. The monoisotopic (exact) mass is 337 g/mol. The van der Waals surface area contributed by atoms with Crippen molar-refractivity contribution in [3.05, 3.63) is 65.0 Å². The number of carbonyl (C=O) groups is 2. The molecule has 3 rings (SSSR count). The topological polar surface area (TPSA) is 83.5 Å². The Labute approximate surface area is 145 Å². The number of ether oxygens (including phenoxy) is 1. The second-order valence-electron chi connectivity index (χ2n) is 5.61. The predicted octanol–water partition coefficient (Wildman–Crippen LogP) is 2.69. The van der Waals surface area contributed by atoms with E-state index in [0.29, 0.717) is 35.6 Å². The van der Waals surface area contributed by atoms with Crippen molar-refractivity contribution in [2.75, 3.05) is 6.61 Å². The Morgan fingerprint density at radius 1 is 1.24 bits per heavy atom. The molecular weight excluding hydrogens is 318 g/mol. The van der Waals surface area contributed by atoms with Gasteiger partial charge in [-0.2, -0.15) is 5.10 Å². The van der Waals surface area contributed by atoms with Crippen LogP contribution in [0.5, 0.6) is 0 Å². The number of esters is 1. The molecule has 1 amide bonds. The van der Waals surface area contributed by atoms with Crippen LogP contribution in [-0.4, -0.2) is 29.2 Å². The number of nitrogens with one attached hydrogen (secondary N) is 2. The second-order valence-corrected chi connectivity index (χ2v) is 5.61. The fraction of sp³-hybridized carbons (Fsp3) is 0.211. The minimum absolute atomic E-state index is 0.240. The standard InChI is InChI=1S/C19H19N3O3/c1-2-25-19(24)14-10-15(20-12-14)11-16-17(21-22-18(16)23)9-8-13-6-4-3-5-7-13/h3-7,10-12,20H,2,8-9H2,1H3,(H,22,23)/b16-11+. The molecule has 2 heterocycles. The summed E-state index contributed by atoms with van der Waals surface area (Å²) in [4.78, 5) is 26.7. The van der Waals surface area contributed by atoms with Gasteiger partial charge in [0, 0.05) is 11.9 Å². The molecule has 6 heteroatoms. The first kappa shape index (κ1) is 16.7. The predicted molar refractivity (Wildman–Crippen MR) is 95.1 cm³/mol. The van der Waals surface area contributed by atoms with Crippen LogP contribution in [0.15, 0.2) is 53.3 Å². The molecule has 0 atom stereocenters. The highest BCUT2D eigenvalue weighted by atomic mass is 16.5. The smallest absolute Gasteiger partial charge is 0.339 e. The van der Waals surface area contributed by atoms with Crippen molar-refractivity contribution in [2.24, 2.45) is 5.10 Å². The van der Waals surface area contributed by atoms with Crippen LogP contribution in [0.4, 0.5) is 0 Å². The van der Waals surface area contributed by atoms with Gasteiger partial charge in [-0.25, -0.2) is 10.2 Å². The Morgan fingerprint density at radius 3 is 2.80 bits per heavy atom. The number of hydrazone groups is 1. The lowest BCUT2D eigenvalue weighted by molar-refractivity contribution is -0.116. The van der Waals surface area contributed by atoms with Crippen LogP contribution >= 0.6 is 0 Å². The Balaban J connectivity index is 1.73. The summed E-state index contributed by atoms with van der Waals surface area (Å²) in [5.41, 5.74) is 5.99. The van der Waals surface area contributed by atoms with Crippen molar-refractivity contribution < 1.29 is 14.3 Å². The second kappa shape index (κ2) is 7.61. The van der Waals surface area contributed by atoms with E-state index in [1.54, 1.807) is 25.3 Å². The molecule has 25 heavy (non-hydrogen) atoms. The molecule has 1 aromatic heterocycles. The van der Waals surface area contributed by atoms with Crippen molar-refractivity contribution in [3.63, 3.8) is 0 Å². The van der Waals surface area contributed by atoms with E-state index >= 15 is 0 Å². The number of hydrogen-bond acceptors (Lipinski definition) is 4. The quantitative estimate of drug-likeness (QED) is 0.628. The van der Waals surface area contributed by atoms with Gasteiger partial charge < -0.3 is 9.72 Å². The third-order valence-electron chi connectivity index (χ3n) is 3.86. The van der Waals surface area contributed by atoms with Crippen LogP contribution < -0.4 is 5.43 Å². The minimum atomic E-state index is -0.391. The molecule has 0 spiro atoms. The zero-order valence-corrected chi connectivity index (χ0v) is 13.9. The number of carbonyl (C=O) groups excluding carboxylic acids is 2. The molecule has 0 bridgehead atoms. The van der Waals surface area contributed by atoms with Gasteiger partial charge in [-0.15, -0.1) is 0 Å². The fourth-order valence-corrected chi connectivity index (χ4v) is 2.60.